The number of hydrogen-bond acceptors (Lipinski definition) is 6. The van der Waals surface area contributed by atoms with Gasteiger partial charge in [0.2, 0.25) is 5.95 Å². The SMILES string of the molecule is CN1CCN(CCc2cc3cc(Nc4nccc(-c5ccccn5)n4)ccc3[nH]2)CC1. The highest BCUT2D eigenvalue weighted by atomic mass is 15.2. The van der Waals surface area contributed by atoms with E-state index in [1.165, 1.54) is 11.1 Å². The molecule has 2 N–H and O–H groups in total. The molecule has 1 aromatic carbocycles. The Morgan fingerprint density at radius 3 is 2.68 bits per heavy atom. The molecule has 31 heavy (non-hydrogen) atoms. The third-order valence-corrected chi connectivity index (χ3v) is 5.81. The van der Waals surface area contributed by atoms with Crippen LogP contribution in [0.25, 0.3) is 22.3 Å². The minimum Gasteiger partial charge on any atom is -0.358 e. The molecule has 5 rings (SSSR count). The highest BCUT2D eigenvalue weighted by molar-refractivity contribution is 5.84. The van der Waals surface area contributed by atoms with Gasteiger partial charge in [-0.15, -0.1) is 0 Å². The summed E-state index contributed by atoms with van der Waals surface area (Å²) in [6.45, 7) is 5.72. The topological polar surface area (TPSA) is 73.0 Å². The van der Waals surface area contributed by atoms with Gasteiger partial charge >= 0.3 is 0 Å². The van der Waals surface area contributed by atoms with Crippen LogP contribution in [0.4, 0.5) is 11.6 Å². The number of aromatic nitrogens is 4. The first kappa shape index (κ1) is 19.7. The van der Waals surface area contributed by atoms with E-state index in [2.05, 4.69) is 66.4 Å². The summed E-state index contributed by atoms with van der Waals surface area (Å²) in [5.74, 6) is 0.563. The third kappa shape index (κ3) is 4.73. The molecule has 0 saturated carbocycles. The number of rotatable bonds is 6. The molecule has 4 aromatic rings. The molecule has 0 radical (unpaired) electrons. The zero-order valence-electron chi connectivity index (χ0n) is 17.8. The van der Waals surface area contributed by atoms with Crippen LogP contribution in [-0.4, -0.2) is 69.5 Å². The summed E-state index contributed by atoms with van der Waals surface area (Å²) in [5, 5.41) is 4.52. The average Bonchev–Trinajstić information content (AvgIpc) is 3.22. The van der Waals surface area contributed by atoms with E-state index in [0.717, 1.165) is 61.7 Å². The third-order valence-electron chi connectivity index (χ3n) is 5.81. The zero-order chi connectivity index (χ0) is 21.0. The van der Waals surface area contributed by atoms with Crippen LogP contribution >= 0.6 is 0 Å². The molecule has 7 heteroatoms. The van der Waals surface area contributed by atoms with Crippen molar-refractivity contribution in [1.82, 2.24) is 29.7 Å². The lowest BCUT2D eigenvalue weighted by molar-refractivity contribution is 0.155. The van der Waals surface area contributed by atoms with Crippen LogP contribution in [0, 0.1) is 0 Å². The fourth-order valence-electron chi connectivity index (χ4n) is 3.96. The first-order chi connectivity index (χ1) is 15.2. The van der Waals surface area contributed by atoms with Gasteiger partial charge in [-0.3, -0.25) is 4.98 Å². The van der Waals surface area contributed by atoms with Gasteiger partial charge in [0.1, 0.15) is 0 Å². The number of hydrogen-bond donors (Lipinski definition) is 2. The molecule has 1 aliphatic rings. The maximum atomic E-state index is 4.61. The van der Waals surface area contributed by atoms with Gasteiger partial charge < -0.3 is 20.1 Å². The van der Waals surface area contributed by atoms with E-state index in [1.807, 2.05) is 24.3 Å². The first-order valence-corrected chi connectivity index (χ1v) is 10.8. The lowest BCUT2D eigenvalue weighted by Gasteiger charge is -2.32. The fourth-order valence-corrected chi connectivity index (χ4v) is 3.96. The predicted octanol–water partition coefficient (Wildman–Crippen LogP) is 3.55. The number of pyridine rings is 1. The second kappa shape index (κ2) is 8.83. The highest BCUT2D eigenvalue weighted by Gasteiger charge is 2.14. The Kier molecular flexibility index (Phi) is 5.60. The van der Waals surface area contributed by atoms with Crippen molar-refractivity contribution in [2.75, 3.05) is 45.1 Å². The van der Waals surface area contributed by atoms with Crippen LogP contribution < -0.4 is 5.32 Å². The molecule has 0 atom stereocenters. The Balaban J connectivity index is 1.27. The molecule has 0 spiro atoms. The molecule has 0 unspecified atom stereocenters. The monoisotopic (exact) mass is 413 g/mol. The smallest absolute Gasteiger partial charge is 0.227 e. The van der Waals surface area contributed by atoms with Gasteiger partial charge in [-0.05, 0) is 49.5 Å². The summed E-state index contributed by atoms with van der Waals surface area (Å²) >= 11 is 0. The Hall–Kier alpha value is -3.29. The van der Waals surface area contributed by atoms with Crippen molar-refractivity contribution in [2.45, 2.75) is 6.42 Å². The van der Waals surface area contributed by atoms with Gasteiger partial charge in [0.15, 0.2) is 0 Å². The Bertz CT molecular complexity index is 1150. The minimum atomic E-state index is 0.563. The molecule has 3 aromatic heterocycles. The molecule has 1 fully saturated rings. The maximum Gasteiger partial charge on any atom is 0.227 e. The van der Waals surface area contributed by atoms with E-state index in [1.54, 1.807) is 12.4 Å². The normalized spacial score (nSPS) is 15.4. The van der Waals surface area contributed by atoms with Crippen molar-refractivity contribution >= 4 is 22.5 Å². The maximum absolute atomic E-state index is 4.61. The largest absolute Gasteiger partial charge is 0.358 e. The summed E-state index contributed by atoms with van der Waals surface area (Å²) < 4.78 is 0. The Labute approximate surface area is 182 Å². The van der Waals surface area contributed by atoms with Crippen molar-refractivity contribution in [3.63, 3.8) is 0 Å². The van der Waals surface area contributed by atoms with Crippen LogP contribution in [0.15, 0.2) is 60.9 Å². The van der Waals surface area contributed by atoms with E-state index < -0.39 is 0 Å². The molecule has 1 aliphatic heterocycles. The van der Waals surface area contributed by atoms with E-state index in [9.17, 15) is 0 Å². The molecule has 0 amide bonds. The molecule has 0 bridgehead atoms. The van der Waals surface area contributed by atoms with Crippen molar-refractivity contribution in [1.29, 1.82) is 0 Å². The summed E-state index contributed by atoms with van der Waals surface area (Å²) in [5.41, 5.74) is 5.03. The molecule has 4 heterocycles. The quantitative estimate of drug-likeness (QED) is 0.504. The van der Waals surface area contributed by atoms with E-state index in [-0.39, 0.29) is 0 Å². The van der Waals surface area contributed by atoms with Gasteiger partial charge in [0, 0.05) is 73.8 Å². The fraction of sp³-hybridized carbons (Fsp3) is 0.292. The predicted molar refractivity (Wildman–Crippen MR) is 124 cm³/mol. The van der Waals surface area contributed by atoms with E-state index in [0.29, 0.717) is 5.95 Å². The van der Waals surface area contributed by atoms with Crippen LogP contribution in [0.3, 0.4) is 0 Å². The van der Waals surface area contributed by atoms with Crippen LogP contribution in [0.5, 0.6) is 0 Å². The second-order valence-corrected chi connectivity index (χ2v) is 8.10. The summed E-state index contributed by atoms with van der Waals surface area (Å²) in [4.78, 5) is 21.8. The van der Waals surface area contributed by atoms with Gasteiger partial charge in [-0.25, -0.2) is 9.97 Å². The number of nitrogens with one attached hydrogen (secondary N) is 2. The molecule has 158 valence electrons. The number of anilines is 2. The molecular formula is C24H27N7. The molecule has 0 aliphatic carbocycles. The Morgan fingerprint density at radius 2 is 1.84 bits per heavy atom. The first-order valence-electron chi connectivity index (χ1n) is 10.8. The van der Waals surface area contributed by atoms with Gasteiger partial charge in [0.05, 0.1) is 11.4 Å². The average molecular weight is 414 g/mol. The van der Waals surface area contributed by atoms with Gasteiger partial charge in [0.25, 0.3) is 0 Å². The summed E-state index contributed by atoms with van der Waals surface area (Å²) in [7, 11) is 2.19. The number of likely N-dealkylation sites (N-methyl/N-ethyl adjacent to an activating group) is 1. The summed E-state index contributed by atoms with van der Waals surface area (Å²) in [6, 6.07) is 16.2. The number of H-pyrrole nitrogens is 1. The van der Waals surface area contributed by atoms with E-state index >= 15 is 0 Å². The lowest BCUT2D eigenvalue weighted by atomic mass is 10.2. The number of benzene rings is 1. The Morgan fingerprint density at radius 1 is 0.935 bits per heavy atom. The standard InChI is InChI=1S/C24H27N7/c1-30-12-14-31(15-13-30)11-8-20-17-18-16-19(5-6-21(18)27-20)28-24-26-10-7-23(29-24)22-4-2-3-9-25-22/h2-7,9-10,16-17,27H,8,11-15H2,1H3,(H,26,28,29). The molecule has 1 saturated heterocycles. The second-order valence-electron chi connectivity index (χ2n) is 8.10. The van der Waals surface area contributed by atoms with Crippen LogP contribution in [0.1, 0.15) is 5.69 Å². The highest BCUT2D eigenvalue weighted by Crippen LogP contribution is 2.23. The molecular weight excluding hydrogens is 386 g/mol. The van der Waals surface area contributed by atoms with Crippen molar-refractivity contribution in [3.05, 3.63) is 66.6 Å². The summed E-state index contributed by atoms with van der Waals surface area (Å²) in [6.07, 6.45) is 4.56. The number of aromatic amines is 1. The van der Waals surface area contributed by atoms with Gasteiger partial charge in [-0.1, -0.05) is 6.07 Å². The van der Waals surface area contributed by atoms with Crippen molar-refractivity contribution in [2.24, 2.45) is 0 Å². The molecule has 7 nitrogen and oxygen atoms in total. The van der Waals surface area contributed by atoms with Crippen molar-refractivity contribution in [3.8, 4) is 11.4 Å². The number of fused-ring (bicyclic) bond motifs is 1. The lowest BCUT2D eigenvalue weighted by Crippen LogP contribution is -2.45. The zero-order valence-corrected chi connectivity index (χ0v) is 17.8. The van der Waals surface area contributed by atoms with Crippen molar-refractivity contribution < 1.29 is 0 Å². The van der Waals surface area contributed by atoms with Crippen LogP contribution in [0.2, 0.25) is 0 Å². The van der Waals surface area contributed by atoms with E-state index in [4.69, 9.17) is 0 Å². The minimum absolute atomic E-state index is 0.563. The number of nitrogens with zero attached hydrogens (tertiary/aromatic N) is 5. The van der Waals surface area contributed by atoms with Crippen LogP contribution in [-0.2, 0) is 6.42 Å². The van der Waals surface area contributed by atoms with Gasteiger partial charge in [-0.2, -0.15) is 0 Å². The number of piperazine rings is 1.